The summed E-state index contributed by atoms with van der Waals surface area (Å²) in [5.41, 5.74) is 0. The third-order valence-electron chi connectivity index (χ3n) is 0. The summed E-state index contributed by atoms with van der Waals surface area (Å²) in [5, 5.41) is 29.5. The molecule has 0 aromatic carbocycles. The minimum Gasteiger partial charge on any atom is -0.356 e. The van der Waals surface area contributed by atoms with Gasteiger partial charge in [0.15, 0.2) is 0 Å². The fraction of sp³-hybridized carbons (Fsp3) is 0. The topological polar surface area (TPSA) is 167 Å². The maximum Gasteiger partial charge on any atom is 2.00 e. The van der Waals surface area contributed by atoms with Crippen LogP contribution in [0.5, 0.6) is 0 Å². The van der Waals surface area contributed by atoms with Gasteiger partial charge in [-0.25, -0.2) is 0 Å². The molecule has 64 valence electrons. The Bertz CT molecular complexity index is 71.0. The van der Waals surface area contributed by atoms with Crippen LogP contribution in [-0.2, 0) is 20.4 Å². The van der Waals surface area contributed by atoms with E-state index >= 15 is 0 Å². The van der Waals surface area contributed by atoms with Crippen LogP contribution in [0.25, 0.3) is 0 Å². The quantitative estimate of drug-likeness (QED) is 0.347. The average Bonchev–Trinajstić information content (AvgIpc) is 1.25. The van der Waals surface area contributed by atoms with Crippen molar-refractivity contribution in [2.24, 2.45) is 0 Å². The number of nitrogens with zero attached hydrogens (tertiary/aromatic N) is 2. The van der Waals surface area contributed by atoms with E-state index in [1.165, 1.54) is 0 Å². The Morgan fingerprint density at radius 3 is 0.800 bits per heavy atom. The molecule has 0 aromatic heterocycles. The monoisotopic (exact) mass is 247 g/mol. The van der Waals surface area contributed by atoms with E-state index in [0.29, 0.717) is 0 Å². The van der Waals surface area contributed by atoms with Gasteiger partial charge in [0.2, 0.25) is 0 Å². The van der Waals surface area contributed by atoms with E-state index in [2.05, 4.69) is 0 Å². The van der Waals surface area contributed by atoms with Crippen molar-refractivity contribution in [3.8, 4) is 0 Å². The fourth-order valence-corrected chi connectivity index (χ4v) is 0. The first-order valence-corrected chi connectivity index (χ1v) is 1.10. The standard InChI is InChI=1S/2NO3.H3N.Pd/c2*2-1(3)4;;/h;;1H3;/q2*-1;;+2. The molecular weight excluding hydrogens is 244 g/mol. The number of hydrogen-bond acceptors (Lipinski definition) is 7. The van der Waals surface area contributed by atoms with Gasteiger partial charge in [0.25, 0.3) is 0 Å². The van der Waals surface area contributed by atoms with E-state index in [0.717, 1.165) is 0 Å². The molecule has 10 heteroatoms. The predicted octanol–water partition coefficient (Wildman–Crippen LogP) is -0.319. The first kappa shape index (κ1) is 23.0. The Morgan fingerprint density at radius 2 is 0.800 bits per heavy atom. The van der Waals surface area contributed by atoms with E-state index in [1.807, 2.05) is 0 Å². The van der Waals surface area contributed by atoms with Crippen molar-refractivity contribution in [1.82, 2.24) is 6.15 Å². The van der Waals surface area contributed by atoms with Gasteiger partial charge in [-0.1, -0.05) is 0 Å². The average molecular weight is 247 g/mol. The molecule has 0 aliphatic rings. The third kappa shape index (κ3) is 266. The zero-order chi connectivity index (χ0) is 7.15. The summed E-state index contributed by atoms with van der Waals surface area (Å²) < 4.78 is 0. The summed E-state index contributed by atoms with van der Waals surface area (Å²) in [5.74, 6) is 0. The van der Waals surface area contributed by atoms with Crippen molar-refractivity contribution >= 4 is 0 Å². The zero-order valence-corrected chi connectivity index (χ0v) is 5.92. The molecule has 0 rings (SSSR count). The molecule has 0 aliphatic carbocycles. The molecule has 0 bridgehead atoms. The largest absolute Gasteiger partial charge is 2.00 e. The van der Waals surface area contributed by atoms with Gasteiger partial charge in [-0.15, -0.1) is 0 Å². The van der Waals surface area contributed by atoms with Crippen LogP contribution in [0.3, 0.4) is 0 Å². The van der Waals surface area contributed by atoms with E-state index in [4.69, 9.17) is 30.6 Å². The van der Waals surface area contributed by atoms with Gasteiger partial charge < -0.3 is 36.8 Å². The fourth-order valence-electron chi connectivity index (χ4n) is 0. The molecule has 0 atom stereocenters. The SMILES string of the molecule is N.O=[N+]([O-])[O-].O=[N+]([O-])[O-].[Pd+2]. The summed E-state index contributed by atoms with van der Waals surface area (Å²) in [6.07, 6.45) is 0. The van der Waals surface area contributed by atoms with Crippen molar-refractivity contribution in [1.29, 1.82) is 0 Å². The smallest absolute Gasteiger partial charge is 0.356 e. The van der Waals surface area contributed by atoms with Crippen LogP contribution in [-0.4, -0.2) is 10.2 Å². The Labute approximate surface area is 68.1 Å². The Balaban J connectivity index is -0.0000000300. The minimum absolute atomic E-state index is 0. The minimum atomic E-state index is -1.75. The van der Waals surface area contributed by atoms with Crippen LogP contribution in [0.2, 0.25) is 0 Å². The molecule has 10 heavy (non-hydrogen) atoms. The van der Waals surface area contributed by atoms with Gasteiger partial charge in [0, 0.05) is 0 Å². The van der Waals surface area contributed by atoms with E-state index in [1.54, 1.807) is 0 Å². The summed E-state index contributed by atoms with van der Waals surface area (Å²) in [6, 6.07) is 0. The molecule has 0 radical (unpaired) electrons. The van der Waals surface area contributed by atoms with Gasteiger partial charge in [-0.05, 0) is 0 Å². The van der Waals surface area contributed by atoms with Crippen LogP contribution in [0.15, 0.2) is 0 Å². The molecule has 0 saturated carbocycles. The molecule has 0 fully saturated rings. The van der Waals surface area contributed by atoms with Gasteiger partial charge in [0.1, 0.15) is 0 Å². The first-order valence-electron chi connectivity index (χ1n) is 1.10. The predicted molar refractivity (Wildman–Crippen MR) is 25.7 cm³/mol. The molecule has 0 saturated heterocycles. The van der Waals surface area contributed by atoms with Gasteiger partial charge in [-0.3, -0.25) is 0 Å². The third-order valence-corrected chi connectivity index (χ3v) is 0. The summed E-state index contributed by atoms with van der Waals surface area (Å²) >= 11 is 0. The zero-order valence-electron chi connectivity index (χ0n) is 4.37. The van der Waals surface area contributed by atoms with E-state index in [9.17, 15) is 0 Å². The normalized spacial score (nSPS) is 4.80. The Hall–Kier alpha value is -0.978. The molecule has 0 heterocycles. The molecular formula is H3N3O6Pd. The number of rotatable bonds is 0. The molecule has 9 nitrogen and oxygen atoms in total. The molecule has 0 spiro atoms. The summed E-state index contributed by atoms with van der Waals surface area (Å²) in [6.45, 7) is 0. The van der Waals surface area contributed by atoms with E-state index < -0.39 is 10.2 Å². The van der Waals surface area contributed by atoms with Crippen LogP contribution in [0, 0.1) is 30.6 Å². The molecule has 0 aromatic rings. The van der Waals surface area contributed by atoms with Crippen LogP contribution in [0.4, 0.5) is 0 Å². The number of hydrogen-bond donors (Lipinski definition) is 1. The van der Waals surface area contributed by atoms with Crippen LogP contribution >= 0.6 is 0 Å². The van der Waals surface area contributed by atoms with Crippen LogP contribution < -0.4 is 6.15 Å². The second-order valence-corrected chi connectivity index (χ2v) is 0.447. The maximum absolute atomic E-state index is 8.25. The van der Waals surface area contributed by atoms with E-state index in [-0.39, 0.29) is 26.6 Å². The second kappa shape index (κ2) is 15.7. The molecule has 3 N–H and O–H groups in total. The van der Waals surface area contributed by atoms with Gasteiger partial charge in [0.05, 0.1) is 10.2 Å². The van der Waals surface area contributed by atoms with Crippen molar-refractivity contribution in [2.75, 3.05) is 0 Å². The second-order valence-electron chi connectivity index (χ2n) is 0.447. The molecule has 0 unspecified atom stereocenters. The maximum atomic E-state index is 8.25. The van der Waals surface area contributed by atoms with Crippen molar-refractivity contribution in [3.63, 3.8) is 0 Å². The van der Waals surface area contributed by atoms with Crippen molar-refractivity contribution in [2.45, 2.75) is 0 Å². The van der Waals surface area contributed by atoms with Crippen molar-refractivity contribution < 1.29 is 30.6 Å². The van der Waals surface area contributed by atoms with Gasteiger partial charge in [-0.2, -0.15) is 0 Å². The van der Waals surface area contributed by atoms with Crippen molar-refractivity contribution in [3.05, 3.63) is 30.6 Å². The molecule has 0 aliphatic heterocycles. The summed E-state index contributed by atoms with van der Waals surface area (Å²) in [4.78, 5) is 16.5. The molecule has 0 amide bonds. The van der Waals surface area contributed by atoms with Crippen LogP contribution in [0.1, 0.15) is 0 Å². The summed E-state index contributed by atoms with van der Waals surface area (Å²) in [7, 11) is 0. The Morgan fingerprint density at radius 1 is 0.800 bits per heavy atom. The Kier molecular flexibility index (Phi) is 36.1. The first-order chi connectivity index (χ1) is 3.46. The van der Waals surface area contributed by atoms with Gasteiger partial charge >= 0.3 is 20.4 Å².